The van der Waals surface area contributed by atoms with Crippen LogP contribution in [-0.2, 0) is 0 Å². The highest BCUT2D eigenvalue weighted by atomic mass is 13.9. The summed E-state index contributed by atoms with van der Waals surface area (Å²) in [6.07, 6.45) is 0. The van der Waals surface area contributed by atoms with Crippen molar-refractivity contribution in [1.82, 2.24) is 0 Å². The van der Waals surface area contributed by atoms with Crippen molar-refractivity contribution >= 4 is 0 Å². The van der Waals surface area contributed by atoms with Gasteiger partial charge in [-0.15, -0.1) is 0 Å². The number of aryl methyl sites for hydroxylation is 3. The zero-order valence-electron chi connectivity index (χ0n) is 6.08. The minimum absolute atomic E-state index is 1.16. The first-order valence-corrected chi connectivity index (χ1v) is 3.08. The van der Waals surface area contributed by atoms with E-state index in [1.54, 1.807) is 0 Å². The Balaban J connectivity index is 3.17. The van der Waals surface area contributed by atoms with Crippen LogP contribution >= 0.6 is 0 Å². The molecule has 2 radical (unpaired) electrons. The van der Waals surface area contributed by atoms with E-state index in [-0.39, 0.29) is 0 Å². The SMILES string of the molecule is Cc1[c]c(C)c(C)[c]c1. The molecule has 0 aromatic heterocycles. The summed E-state index contributed by atoms with van der Waals surface area (Å²) in [5, 5.41) is 0. The molecule has 9 heavy (non-hydrogen) atoms. The van der Waals surface area contributed by atoms with Gasteiger partial charge in [0.25, 0.3) is 0 Å². The van der Waals surface area contributed by atoms with E-state index in [1.165, 1.54) is 11.1 Å². The highest BCUT2D eigenvalue weighted by molar-refractivity contribution is 5.26. The summed E-state index contributed by atoms with van der Waals surface area (Å²) < 4.78 is 0. The van der Waals surface area contributed by atoms with Gasteiger partial charge in [-0.25, -0.2) is 0 Å². The Hall–Kier alpha value is -0.780. The topological polar surface area (TPSA) is 0 Å². The Morgan fingerprint density at radius 2 is 1.78 bits per heavy atom. The third-order valence-corrected chi connectivity index (χ3v) is 1.45. The Morgan fingerprint density at radius 1 is 1.11 bits per heavy atom. The lowest BCUT2D eigenvalue weighted by atomic mass is 10.1. The van der Waals surface area contributed by atoms with Gasteiger partial charge in [0.05, 0.1) is 0 Å². The van der Waals surface area contributed by atoms with Crippen LogP contribution in [0.25, 0.3) is 0 Å². The van der Waals surface area contributed by atoms with Gasteiger partial charge in [-0.3, -0.25) is 0 Å². The molecule has 0 saturated carbocycles. The fourth-order valence-electron chi connectivity index (χ4n) is 0.750. The largest absolute Gasteiger partial charge is 0.0505 e. The molecule has 0 saturated heterocycles. The van der Waals surface area contributed by atoms with E-state index in [1.807, 2.05) is 19.9 Å². The van der Waals surface area contributed by atoms with Gasteiger partial charge in [-0.05, 0) is 49.6 Å². The maximum Gasteiger partial charge on any atom is -0.0117 e. The molecule has 46 valence electrons. The molecule has 0 heteroatoms. The molecule has 1 rings (SSSR count). The molecule has 1 aromatic carbocycles. The van der Waals surface area contributed by atoms with E-state index in [0.717, 1.165) is 5.56 Å². The van der Waals surface area contributed by atoms with Crippen molar-refractivity contribution in [2.75, 3.05) is 0 Å². The molecule has 0 nitrogen and oxygen atoms in total. The molecule has 0 N–H and O–H groups in total. The van der Waals surface area contributed by atoms with E-state index in [2.05, 4.69) is 19.1 Å². The molecule has 0 amide bonds. The van der Waals surface area contributed by atoms with Gasteiger partial charge in [0.15, 0.2) is 0 Å². The zero-order chi connectivity index (χ0) is 6.85. The van der Waals surface area contributed by atoms with Crippen LogP contribution in [0.3, 0.4) is 0 Å². The Bertz CT molecular complexity index is 211. The van der Waals surface area contributed by atoms with Crippen LogP contribution in [0.2, 0.25) is 0 Å². The van der Waals surface area contributed by atoms with Crippen molar-refractivity contribution in [3.63, 3.8) is 0 Å². The molecule has 1 aromatic rings. The second-order valence-electron chi connectivity index (χ2n) is 2.35. The monoisotopic (exact) mass is 118 g/mol. The summed E-state index contributed by atoms with van der Waals surface area (Å²) >= 11 is 0. The first kappa shape index (κ1) is 6.34. The number of benzene rings is 1. The molecular formula is C9H10. The highest BCUT2D eigenvalue weighted by Crippen LogP contribution is 2.05. The highest BCUT2D eigenvalue weighted by Gasteiger charge is 1.90. The van der Waals surface area contributed by atoms with E-state index >= 15 is 0 Å². The maximum atomic E-state index is 3.21. The molecule has 0 spiro atoms. The van der Waals surface area contributed by atoms with E-state index in [4.69, 9.17) is 0 Å². The van der Waals surface area contributed by atoms with Gasteiger partial charge in [0, 0.05) is 0 Å². The Labute approximate surface area is 56.5 Å². The van der Waals surface area contributed by atoms with Crippen molar-refractivity contribution in [2.45, 2.75) is 20.8 Å². The first-order valence-electron chi connectivity index (χ1n) is 3.08. The molecule has 0 aliphatic heterocycles. The summed E-state index contributed by atoms with van der Waals surface area (Å²) in [7, 11) is 0. The third kappa shape index (κ3) is 1.32. The quantitative estimate of drug-likeness (QED) is 0.490. The normalized spacial score (nSPS) is 9.67. The Kier molecular flexibility index (Phi) is 1.56. The van der Waals surface area contributed by atoms with Crippen molar-refractivity contribution in [3.05, 3.63) is 34.9 Å². The molecule has 0 heterocycles. The molecule has 0 unspecified atom stereocenters. The predicted octanol–water partition coefficient (Wildman–Crippen LogP) is 2.21. The molecule has 0 aliphatic carbocycles. The van der Waals surface area contributed by atoms with Crippen molar-refractivity contribution in [3.8, 4) is 0 Å². The van der Waals surface area contributed by atoms with Crippen molar-refractivity contribution < 1.29 is 0 Å². The van der Waals surface area contributed by atoms with Gasteiger partial charge in [0.1, 0.15) is 0 Å². The molecule has 0 aliphatic rings. The molecule has 0 atom stereocenters. The minimum Gasteiger partial charge on any atom is -0.0505 e. The van der Waals surface area contributed by atoms with Gasteiger partial charge in [0.2, 0.25) is 0 Å². The maximum absolute atomic E-state index is 3.21. The Morgan fingerprint density at radius 3 is 2.22 bits per heavy atom. The van der Waals surface area contributed by atoms with E-state index in [9.17, 15) is 0 Å². The molecule has 0 fully saturated rings. The summed E-state index contributed by atoms with van der Waals surface area (Å²) in [5.41, 5.74) is 3.56. The van der Waals surface area contributed by atoms with Gasteiger partial charge >= 0.3 is 0 Å². The second kappa shape index (κ2) is 2.22. The fraction of sp³-hybridized carbons (Fsp3) is 0.333. The van der Waals surface area contributed by atoms with Crippen molar-refractivity contribution in [1.29, 1.82) is 0 Å². The summed E-state index contributed by atoms with van der Waals surface area (Å²) in [6.45, 7) is 6.13. The van der Waals surface area contributed by atoms with E-state index in [0.29, 0.717) is 0 Å². The third-order valence-electron chi connectivity index (χ3n) is 1.45. The molecule has 0 bridgehead atoms. The number of hydrogen-bond donors (Lipinski definition) is 0. The van der Waals surface area contributed by atoms with Crippen LogP contribution < -0.4 is 0 Å². The summed E-state index contributed by atoms with van der Waals surface area (Å²) in [5.74, 6) is 0. The lowest BCUT2D eigenvalue weighted by Crippen LogP contribution is -1.81. The van der Waals surface area contributed by atoms with Crippen LogP contribution in [0.15, 0.2) is 6.07 Å². The smallest absolute Gasteiger partial charge is 0.0117 e. The minimum atomic E-state index is 1.16. The lowest BCUT2D eigenvalue weighted by Gasteiger charge is -1.96. The number of rotatable bonds is 0. The van der Waals surface area contributed by atoms with Crippen LogP contribution in [0.1, 0.15) is 16.7 Å². The van der Waals surface area contributed by atoms with Gasteiger partial charge in [-0.2, -0.15) is 0 Å². The van der Waals surface area contributed by atoms with Crippen LogP contribution in [0.4, 0.5) is 0 Å². The van der Waals surface area contributed by atoms with Crippen LogP contribution in [0.5, 0.6) is 0 Å². The van der Waals surface area contributed by atoms with Crippen LogP contribution in [0, 0.1) is 32.9 Å². The summed E-state index contributed by atoms with van der Waals surface area (Å²) in [4.78, 5) is 0. The standard InChI is InChI=1S/C9H10/c1-7-4-5-8(2)9(3)6-7/h4H,1-3H3. The van der Waals surface area contributed by atoms with Crippen molar-refractivity contribution in [2.24, 2.45) is 0 Å². The van der Waals surface area contributed by atoms with E-state index < -0.39 is 0 Å². The summed E-state index contributed by atoms with van der Waals surface area (Å²) in [6, 6.07) is 8.30. The average Bonchev–Trinajstić information content (AvgIpc) is 1.80. The number of hydrogen-bond acceptors (Lipinski definition) is 0. The van der Waals surface area contributed by atoms with Gasteiger partial charge < -0.3 is 0 Å². The zero-order valence-corrected chi connectivity index (χ0v) is 6.08. The molecular weight excluding hydrogens is 108 g/mol. The first-order chi connectivity index (χ1) is 4.20. The fourth-order valence-corrected chi connectivity index (χ4v) is 0.750. The van der Waals surface area contributed by atoms with Gasteiger partial charge in [-0.1, -0.05) is 6.07 Å². The second-order valence-corrected chi connectivity index (χ2v) is 2.35. The lowest BCUT2D eigenvalue weighted by molar-refractivity contribution is 1.28. The van der Waals surface area contributed by atoms with Crippen LogP contribution in [-0.4, -0.2) is 0 Å². The predicted molar refractivity (Wildman–Crippen MR) is 38.3 cm³/mol. The average molecular weight is 118 g/mol.